The molecule has 0 aliphatic rings. The first kappa shape index (κ1) is 19.1. The van der Waals surface area contributed by atoms with Crippen LogP contribution in [0.25, 0.3) is 10.9 Å². The van der Waals surface area contributed by atoms with Gasteiger partial charge < -0.3 is 20.4 Å². The number of rotatable bonds is 5. The predicted molar refractivity (Wildman–Crippen MR) is 110 cm³/mol. The maximum absolute atomic E-state index is 13.5. The van der Waals surface area contributed by atoms with Gasteiger partial charge in [0.05, 0.1) is 5.56 Å². The lowest BCUT2D eigenvalue weighted by Gasteiger charge is -2.09. The van der Waals surface area contributed by atoms with Crippen molar-refractivity contribution in [3.63, 3.8) is 0 Å². The van der Waals surface area contributed by atoms with E-state index in [9.17, 15) is 14.0 Å². The van der Waals surface area contributed by atoms with Crippen LogP contribution in [0.15, 0.2) is 67.0 Å². The van der Waals surface area contributed by atoms with Gasteiger partial charge in [0.2, 0.25) is 0 Å². The molecular formula is C22H17FN4O3. The maximum atomic E-state index is 13.5. The highest BCUT2D eigenvalue weighted by atomic mass is 19.1. The second-order valence-electron chi connectivity index (χ2n) is 6.43. The molecule has 0 fully saturated rings. The van der Waals surface area contributed by atoms with Crippen LogP contribution in [0.4, 0.5) is 10.1 Å². The van der Waals surface area contributed by atoms with E-state index in [0.29, 0.717) is 33.7 Å². The molecule has 7 nitrogen and oxygen atoms in total. The number of nitrogens with zero attached hydrogens (tertiary/aromatic N) is 1. The third-order valence-electron chi connectivity index (χ3n) is 4.43. The molecular weight excluding hydrogens is 387 g/mol. The fourth-order valence-corrected chi connectivity index (χ4v) is 2.95. The number of anilines is 1. The van der Waals surface area contributed by atoms with E-state index in [0.717, 1.165) is 0 Å². The number of ether oxygens (including phenoxy) is 1. The van der Waals surface area contributed by atoms with Crippen LogP contribution in [-0.2, 0) is 0 Å². The minimum Gasteiger partial charge on any atom is -0.457 e. The zero-order valence-corrected chi connectivity index (χ0v) is 15.9. The van der Waals surface area contributed by atoms with Gasteiger partial charge in [0.1, 0.15) is 23.0 Å². The number of benzene rings is 2. The van der Waals surface area contributed by atoms with Crippen LogP contribution in [0.1, 0.15) is 20.8 Å². The Morgan fingerprint density at radius 3 is 2.57 bits per heavy atom. The Morgan fingerprint density at radius 2 is 1.80 bits per heavy atom. The van der Waals surface area contributed by atoms with Gasteiger partial charge in [-0.2, -0.15) is 0 Å². The molecule has 30 heavy (non-hydrogen) atoms. The lowest BCUT2D eigenvalue weighted by atomic mass is 10.1. The van der Waals surface area contributed by atoms with E-state index in [1.807, 2.05) is 0 Å². The minimum absolute atomic E-state index is 0.244. The third-order valence-corrected chi connectivity index (χ3v) is 4.43. The number of halogens is 1. The van der Waals surface area contributed by atoms with Gasteiger partial charge in [-0.1, -0.05) is 0 Å². The van der Waals surface area contributed by atoms with Crippen molar-refractivity contribution in [2.24, 2.45) is 0 Å². The van der Waals surface area contributed by atoms with E-state index in [4.69, 9.17) is 4.74 Å². The Labute approximate surface area is 170 Å². The van der Waals surface area contributed by atoms with Gasteiger partial charge in [-0.25, -0.2) is 4.39 Å². The van der Waals surface area contributed by atoms with Crippen molar-refractivity contribution in [3.8, 4) is 11.5 Å². The van der Waals surface area contributed by atoms with Gasteiger partial charge in [0.15, 0.2) is 0 Å². The van der Waals surface area contributed by atoms with Crippen molar-refractivity contribution in [1.29, 1.82) is 0 Å². The molecule has 4 aromatic rings. The number of hydrogen-bond acceptors (Lipinski definition) is 4. The van der Waals surface area contributed by atoms with E-state index in [2.05, 4.69) is 20.6 Å². The largest absolute Gasteiger partial charge is 0.457 e. The number of nitrogens with one attached hydrogen (secondary N) is 3. The van der Waals surface area contributed by atoms with Crippen molar-refractivity contribution in [2.75, 3.05) is 12.4 Å². The number of carbonyl (C=O) groups is 2. The second kappa shape index (κ2) is 8.04. The molecule has 0 spiro atoms. The number of fused-ring (bicyclic) bond motifs is 1. The highest BCUT2D eigenvalue weighted by Crippen LogP contribution is 2.25. The van der Waals surface area contributed by atoms with Crippen molar-refractivity contribution in [2.45, 2.75) is 0 Å². The molecule has 4 rings (SSSR count). The SMILES string of the molecule is CNC(=O)c1cc(Oc2ccc(NC(=O)c3c[nH]c4ccc(F)cc34)cc2)ccn1. The summed E-state index contributed by atoms with van der Waals surface area (Å²) in [4.78, 5) is 31.2. The summed E-state index contributed by atoms with van der Waals surface area (Å²) in [6.45, 7) is 0. The second-order valence-corrected chi connectivity index (χ2v) is 6.43. The number of pyridine rings is 1. The number of carbonyl (C=O) groups excluding carboxylic acids is 2. The normalized spacial score (nSPS) is 10.6. The van der Waals surface area contributed by atoms with E-state index >= 15 is 0 Å². The van der Waals surface area contributed by atoms with Crippen LogP contribution < -0.4 is 15.4 Å². The summed E-state index contributed by atoms with van der Waals surface area (Å²) < 4.78 is 19.2. The summed E-state index contributed by atoms with van der Waals surface area (Å²) in [5.74, 6) is -0.0914. The summed E-state index contributed by atoms with van der Waals surface area (Å²) in [5.41, 5.74) is 1.83. The summed E-state index contributed by atoms with van der Waals surface area (Å²) in [6.07, 6.45) is 3.03. The summed E-state index contributed by atoms with van der Waals surface area (Å²) in [5, 5.41) is 5.79. The molecule has 2 aromatic heterocycles. The number of hydrogen-bond donors (Lipinski definition) is 3. The first-order valence-electron chi connectivity index (χ1n) is 9.07. The van der Waals surface area contributed by atoms with E-state index in [-0.39, 0.29) is 17.5 Å². The summed E-state index contributed by atoms with van der Waals surface area (Å²) >= 11 is 0. The lowest BCUT2D eigenvalue weighted by Crippen LogP contribution is -2.18. The zero-order valence-electron chi connectivity index (χ0n) is 15.9. The quantitative estimate of drug-likeness (QED) is 0.466. The number of H-pyrrole nitrogens is 1. The first-order valence-corrected chi connectivity index (χ1v) is 9.07. The Morgan fingerprint density at radius 1 is 1.00 bits per heavy atom. The van der Waals surface area contributed by atoms with Crippen LogP contribution in [0.5, 0.6) is 11.5 Å². The third kappa shape index (κ3) is 3.97. The average molecular weight is 404 g/mol. The highest BCUT2D eigenvalue weighted by Gasteiger charge is 2.13. The number of amides is 2. The zero-order chi connectivity index (χ0) is 21.1. The average Bonchev–Trinajstić information content (AvgIpc) is 3.18. The summed E-state index contributed by atoms with van der Waals surface area (Å²) in [7, 11) is 1.53. The van der Waals surface area contributed by atoms with Gasteiger partial charge in [-0.05, 0) is 48.5 Å². The van der Waals surface area contributed by atoms with Crippen LogP contribution >= 0.6 is 0 Å². The number of aromatic amines is 1. The molecule has 3 N–H and O–H groups in total. The summed E-state index contributed by atoms with van der Waals surface area (Å²) in [6, 6.07) is 14.1. The Hall–Kier alpha value is -4.20. The fraction of sp³-hybridized carbons (Fsp3) is 0.0455. The molecule has 0 bridgehead atoms. The van der Waals surface area contributed by atoms with E-state index in [1.165, 1.54) is 31.4 Å². The van der Waals surface area contributed by atoms with Gasteiger partial charge in [0.25, 0.3) is 11.8 Å². The Bertz CT molecular complexity index is 1230. The molecule has 150 valence electrons. The molecule has 0 saturated carbocycles. The molecule has 0 radical (unpaired) electrons. The standard InChI is InChI=1S/C22H17FN4O3/c1-24-22(29)20-11-16(8-9-25-20)30-15-5-3-14(4-6-15)27-21(28)18-12-26-19-7-2-13(23)10-17(18)19/h2-12,26H,1H3,(H,24,29)(H,27,28). The van der Waals surface area contributed by atoms with Gasteiger partial charge in [-0.3, -0.25) is 14.6 Å². The monoisotopic (exact) mass is 404 g/mol. The van der Waals surface area contributed by atoms with Crippen LogP contribution in [0.2, 0.25) is 0 Å². The maximum Gasteiger partial charge on any atom is 0.269 e. The van der Waals surface area contributed by atoms with Crippen molar-refractivity contribution in [1.82, 2.24) is 15.3 Å². The molecule has 2 heterocycles. The topological polar surface area (TPSA) is 96.1 Å². The van der Waals surface area contributed by atoms with Crippen molar-refractivity contribution in [3.05, 3.63) is 84.1 Å². The molecule has 8 heteroatoms. The lowest BCUT2D eigenvalue weighted by molar-refractivity contribution is 0.0957. The number of aromatic nitrogens is 2. The van der Waals surface area contributed by atoms with Crippen molar-refractivity contribution < 1.29 is 18.7 Å². The smallest absolute Gasteiger partial charge is 0.269 e. The van der Waals surface area contributed by atoms with Crippen LogP contribution in [0, 0.1) is 5.82 Å². The van der Waals surface area contributed by atoms with E-state index in [1.54, 1.807) is 42.6 Å². The first-order chi connectivity index (χ1) is 14.5. The Kier molecular flexibility index (Phi) is 5.13. The highest BCUT2D eigenvalue weighted by molar-refractivity contribution is 6.12. The molecule has 0 unspecified atom stereocenters. The Balaban J connectivity index is 1.46. The molecule has 0 aliphatic carbocycles. The minimum atomic E-state index is -0.409. The molecule has 0 aliphatic heterocycles. The fourth-order valence-electron chi connectivity index (χ4n) is 2.95. The van der Waals surface area contributed by atoms with E-state index < -0.39 is 5.82 Å². The van der Waals surface area contributed by atoms with Gasteiger partial charge >= 0.3 is 0 Å². The van der Waals surface area contributed by atoms with Crippen LogP contribution in [0.3, 0.4) is 0 Å². The van der Waals surface area contributed by atoms with Crippen LogP contribution in [-0.4, -0.2) is 28.8 Å². The predicted octanol–water partition coefficient (Wildman–Crippen LogP) is 4.11. The molecule has 2 amide bonds. The van der Waals surface area contributed by atoms with Crippen molar-refractivity contribution >= 4 is 28.4 Å². The molecule has 2 aromatic carbocycles. The van der Waals surface area contributed by atoms with Gasteiger partial charge in [0, 0.05) is 42.1 Å². The van der Waals surface area contributed by atoms with Gasteiger partial charge in [-0.15, -0.1) is 0 Å². The molecule has 0 saturated heterocycles. The molecule has 0 atom stereocenters.